The lowest BCUT2D eigenvalue weighted by atomic mass is 9.87. The molecule has 0 saturated carbocycles. The zero-order valence-electron chi connectivity index (χ0n) is 25.3. The molecule has 226 valence electrons. The van der Waals surface area contributed by atoms with Gasteiger partial charge in [-0.15, -0.1) is 0 Å². The summed E-state index contributed by atoms with van der Waals surface area (Å²) < 4.78 is 23.8. The first kappa shape index (κ1) is 30.4. The number of benzene rings is 3. The van der Waals surface area contributed by atoms with E-state index in [1.165, 1.54) is 35.2 Å². The third-order valence-corrected chi connectivity index (χ3v) is 8.35. The first-order valence-corrected chi connectivity index (χ1v) is 15.5. The van der Waals surface area contributed by atoms with Gasteiger partial charge in [0.1, 0.15) is 11.5 Å². The maximum absolute atomic E-state index is 6.58. The van der Waals surface area contributed by atoms with E-state index in [4.69, 9.17) is 18.9 Å². The molecule has 2 aliphatic heterocycles. The molecule has 0 spiro atoms. The number of anilines is 1. The van der Waals surface area contributed by atoms with E-state index in [1.807, 2.05) is 31.3 Å². The number of hydrogen-bond donors (Lipinski definition) is 2. The molecule has 3 aromatic carbocycles. The van der Waals surface area contributed by atoms with Crippen molar-refractivity contribution in [2.45, 2.75) is 50.9 Å². The van der Waals surface area contributed by atoms with E-state index in [0.717, 1.165) is 62.6 Å². The Labute approximate surface area is 251 Å². The van der Waals surface area contributed by atoms with Crippen molar-refractivity contribution in [3.8, 4) is 11.5 Å². The molecule has 3 aromatic rings. The molecule has 5 rings (SSSR count). The molecule has 0 aromatic heterocycles. The van der Waals surface area contributed by atoms with Crippen molar-refractivity contribution in [1.29, 1.82) is 0 Å². The zero-order valence-corrected chi connectivity index (χ0v) is 25.3. The van der Waals surface area contributed by atoms with E-state index in [2.05, 4.69) is 58.0 Å². The van der Waals surface area contributed by atoms with Crippen molar-refractivity contribution in [3.63, 3.8) is 0 Å². The van der Waals surface area contributed by atoms with Crippen molar-refractivity contribution in [3.05, 3.63) is 89.0 Å². The summed E-state index contributed by atoms with van der Waals surface area (Å²) >= 11 is 0. The Morgan fingerprint density at radius 1 is 1.00 bits per heavy atom. The van der Waals surface area contributed by atoms with Gasteiger partial charge in [-0.2, -0.15) is 0 Å². The summed E-state index contributed by atoms with van der Waals surface area (Å²) in [5.41, 5.74) is 6.48. The second-order valence-electron chi connectivity index (χ2n) is 11.2. The van der Waals surface area contributed by atoms with Crippen molar-refractivity contribution in [2.24, 2.45) is 0 Å². The van der Waals surface area contributed by atoms with Gasteiger partial charge < -0.3 is 34.5 Å². The highest BCUT2D eigenvalue weighted by atomic mass is 16.5. The molecule has 2 atom stereocenters. The Balaban J connectivity index is 1.08. The van der Waals surface area contributed by atoms with Crippen molar-refractivity contribution in [2.75, 3.05) is 65.0 Å². The van der Waals surface area contributed by atoms with Crippen LogP contribution in [0.4, 0.5) is 5.69 Å². The largest absolute Gasteiger partial charge is 0.496 e. The molecule has 42 heavy (non-hydrogen) atoms. The molecule has 0 radical (unpaired) electrons. The number of methoxy groups -OCH3 is 1. The topological polar surface area (TPSA) is 64.2 Å². The monoisotopic (exact) mass is 573 g/mol. The number of aryl methyl sites for hydroxylation is 1. The Morgan fingerprint density at radius 3 is 2.74 bits per heavy atom. The number of rotatable bonds is 15. The molecule has 0 bridgehead atoms. The van der Waals surface area contributed by atoms with E-state index in [9.17, 15) is 0 Å². The molecule has 0 aliphatic carbocycles. The van der Waals surface area contributed by atoms with Gasteiger partial charge in [0.05, 0.1) is 39.6 Å². The third-order valence-electron chi connectivity index (χ3n) is 8.35. The number of hydrogen-bond acceptors (Lipinski definition) is 7. The highest BCUT2D eigenvalue weighted by molar-refractivity contribution is 5.57. The van der Waals surface area contributed by atoms with Gasteiger partial charge in [0, 0.05) is 49.8 Å². The SMILES string of the molecule is CNCCN1CCCc2ccc(COC3CNCCC3c3ccc(OCCCOCc4ccccc4OC)cc3)cc21. The van der Waals surface area contributed by atoms with E-state index >= 15 is 0 Å². The highest BCUT2D eigenvalue weighted by Gasteiger charge is 2.27. The van der Waals surface area contributed by atoms with Gasteiger partial charge in [0.15, 0.2) is 0 Å². The molecule has 2 aliphatic rings. The van der Waals surface area contributed by atoms with Crippen molar-refractivity contribution >= 4 is 5.69 Å². The first-order valence-electron chi connectivity index (χ1n) is 15.5. The Hall–Kier alpha value is -3.10. The van der Waals surface area contributed by atoms with E-state index in [-0.39, 0.29) is 6.10 Å². The predicted molar refractivity (Wildman–Crippen MR) is 169 cm³/mol. The second kappa shape index (κ2) is 15.9. The molecule has 2 heterocycles. The Kier molecular flexibility index (Phi) is 11.5. The highest BCUT2D eigenvalue weighted by Crippen LogP contribution is 2.32. The summed E-state index contributed by atoms with van der Waals surface area (Å²) in [7, 11) is 3.71. The second-order valence-corrected chi connectivity index (χ2v) is 11.2. The number of ether oxygens (including phenoxy) is 4. The molecule has 7 heteroatoms. The van der Waals surface area contributed by atoms with E-state index < -0.39 is 0 Å². The number of para-hydroxylation sites is 1. The average Bonchev–Trinajstić information content (AvgIpc) is 3.05. The molecule has 7 nitrogen and oxygen atoms in total. The van der Waals surface area contributed by atoms with Gasteiger partial charge in [0.2, 0.25) is 0 Å². The fourth-order valence-electron chi connectivity index (χ4n) is 6.02. The zero-order chi connectivity index (χ0) is 29.0. The van der Waals surface area contributed by atoms with Crippen LogP contribution in [0, 0.1) is 0 Å². The van der Waals surface area contributed by atoms with Crippen LogP contribution in [0.3, 0.4) is 0 Å². The summed E-state index contributed by atoms with van der Waals surface area (Å²) in [6.45, 7) is 7.49. The number of likely N-dealkylation sites (N-methyl/N-ethyl adjacent to an activating group) is 1. The quantitative estimate of drug-likeness (QED) is 0.239. The minimum Gasteiger partial charge on any atom is -0.496 e. The van der Waals surface area contributed by atoms with Crippen molar-refractivity contribution < 1.29 is 18.9 Å². The maximum atomic E-state index is 6.58. The summed E-state index contributed by atoms with van der Waals surface area (Å²) in [6.07, 6.45) is 4.43. The predicted octanol–water partition coefficient (Wildman–Crippen LogP) is 5.32. The molecular weight excluding hydrogens is 526 g/mol. The number of nitrogens with zero attached hydrogens (tertiary/aromatic N) is 1. The number of nitrogens with one attached hydrogen (secondary N) is 2. The molecule has 1 fully saturated rings. The van der Waals surface area contributed by atoms with E-state index in [1.54, 1.807) is 7.11 Å². The lowest BCUT2D eigenvalue weighted by molar-refractivity contribution is 0.0106. The van der Waals surface area contributed by atoms with Crippen LogP contribution in [0.1, 0.15) is 47.4 Å². The van der Waals surface area contributed by atoms with Gasteiger partial charge in [-0.05, 0) is 73.8 Å². The summed E-state index contributed by atoms with van der Waals surface area (Å²) in [5.74, 6) is 2.13. The Bertz CT molecular complexity index is 1240. The summed E-state index contributed by atoms with van der Waals surface area (Å²) in [6, 6.07) is 23.5. The van der Waals surface area contributed by atoms with Crippen LogP contribution in [0.25, 0.3) is 0 Å². The van der Waals surface area contributed by atoms with Crippen LogP contribution in [-0.2, 0) is 29.1 Å². The lowest BCUT2D eigenvalue weighted by Gasteiger charge is -2.33. The number of fused-ring (bicyclic) bond motifs is 1. The van der Waals surface area contributed by atoms with Gasteiger partial charge in [-0.3, -0.25) is 0 Å². The van der Waals surface area contributed by atoms with Gasteiger partial charge in [-0.1, -0.05) is 42.5 Å². The van der Waals surface area contributed by atoms with Crippen LogP contribution in [0.2, 0.25) is 0 Å². The fraction of sp³-hybridized carbons (Fsp3) is 0.486. The summed E-state index contributed by atoms with van der Waals surface area (Å²) in [4.78, 5) is 2.52. The Morgan fingerprint density at radius 2 is 1.88 bits per heavy atom. The molecule has 2 unspecified atom stereocenters. The lowest BCUT2D eigenvalue weighted by Crippen LogP contribution is -2.41. The van der Waals surface area contributed by atoms with Gasteiger partial charge in [0.25, 0.3) is 0 Å². The minimum absolute atomic E-state index is 0.141. The van der Waals surface area contributed by atoms with Crippen molar-refractivity contribution in [1.82, 2.24) is 10.6 Å². The molecule has 2 N–H and O–H groups in total. The number of piperidine rings is 1. The van der Waals surface area contributed by atoms with Crippen LogP contribution in [0.5, 0.6) is 11.5 Å². The van der Waals surface area contributed by atoms with Crippen LogP contribution in [-0.4, -0.2) is 66.2 Å². The van der Waals surface area contributed by atoms with Crippen LogP contribution < -0.4 is 25.0 Å². The molecule has 1 saturated heterocycles. The molecule has 0 amide bonds. The maximum Gasteiger partial charge on any atom is 0.124 e. The van der Waals surface area contributed by atoms with Crippen LogP contribution >= 0.6 is 0 Å². The normalized spacial score (nSPS) is 18.5. The summed E-state index contributed by atoms with van der Waals surface area (Å²) in [5, 5.41) is 6.83. The smallest absolute Gasteiger partial charge is 0.124 e. The average molecular weight is 574 g/mol. The van der Waals surface area contributed by atoms with Gasteiger partial charge >= 0.3 is 0 Å². The fourth-order valence-corrected chi connectivity index (χ4v) is 6.02. The van der Waals surface area contributed by atoms with E-state index in [0.29, 0.717) is 32.3 Å². The first-order chi connectivity index (χ1) is 20.7. The van der Waals surface area contributed by atoms with Gasteiger partial charge in [-0.25, -0.2) is 0 Å². The van der Waals surface area contributed by atoms with Crippen LogP contribution in [0.15, 0.2) is 66.7 Å². The minimum atomic E-state index is 0.141. The standard InChI is InChI=1S/C35H47N3O4/c1-36-18-20-38-19-5-8-29-11-10-27(23-33(29)38)25-42-35-24-37-17-16-32(35)28-12-14-31(15-13-28)41-22-6-21-40-26-30-7-3-4-9-34(30)39-2/h3-4,7,9-15,23,32,35-37H,5-6,8,16-22,24-26H2,1-2H3. The third kappa shape index (κ3) is 8.26. The molecular formula is C35H47N3O4.